The van der Waals surface area contributed by atoms with E-state index in [0.717, 1.165) is 25.2 Å². The zero-order chi connectivity index (χ0) is 11.1. The maximum absolute atomic E-state index is 9.56. The van der Waals surface area contributed by atoms with Crippen molar-refractivity contribution in [2.45, 2.75) is 65.6 Å². The number of aliphatic hydroxyl groups excluding tert-OH is 2. The molecule has 2 N–H and O–H groups in total. The monoisotopic (exact) mass is 202 g/mol. The van der Waals surface area contributed by atoms with Crippen molar-refractivity contribution in [3.63, 3.8) is 0 Å². The minimum atomic E-state index is -0.596. The van der Waals surface area contributed by atoms with Crippen LogP contribution in [0.1, 0.15) is 53.4 Å². The molecule has 14 heavy (non-hydrogen) atoms. The first-order valence-electron chi connectivity index (χ1n) is 5.87. The molecule has 0 aromatic carbocycles. The van der Waals surface area contributed by atoms with Gasteiger partial charge in [-0.15, -0.1) is 0 Å². The first-order valence-corrected chi connectivity index (χ1v) is 5.87. The lowest BCUT2D eigenvalue weighted by Crippen LogP contribution is -2.25. The highest BCUT2D eigenvalue weighted by Crippen LogP contribution is 2.23. The van der Waals surface area contributed by atoms with Gasteiger partial charge in [0.1, 0.15) is 0 Å². The Bertz CT molecular complexity index is 134. The maximum atomic E-state index is 9.56. The number of aliphatic hydroxyl groups is 2. The minimum Gasteiger partial charge on any atom is -0.391 e. The van der Waals surface area contributed by atoms with Gasteiger partial charge in [-0.05, 0) is 31.6 Å². The zero-order valence-electron chi connectivity index (χ0n) is 10.0. The van der Waals surface area contributed by atoms with Crippen LogP contribution in [0.3, 0.4) is 0 Å². The lowest BCUT2D eigenvalue weighted by molar-refractivity contribution is 0.0133. The summed E-state index contributed by atoms with van der Waals surface area (Å²) in [6.07, 6.45) is 3.04. The van der Waals surface area contributed by atoms with Crippen molar-refractivity contribution in [2.75, 3.05) is 0 Å². The molecule has 4 unspecified atom stereocenters. The summed E-state index contributed by atoms with van der Waals surface area (Å²) in [5.41, 5.74) is 0. The molecule has 0 aliphatic heterocycles. The Morgan fingerprint density at radius 1 is 0.929 bits per heavy atom. The molecular weight excluding hydrogens is 176 g/mol. The quantitative estimate of drug-likeness (QED) is 0.666. The Morgan fingerprint density at radius 2 is 1.50 bits per heavy atom. The van der Waals surface area contributed by atoms with Gasteiger partial charge in [-0.25, -0.2) is 0 Å². The Balaban J connectivity index is 3.89. The normalized spacial score (nSPS) is 20.1. The summed E-state index contributed by atoms with van der Waals surface area (Å²) < 4.78 is 0. The van der Waals surface area contributed by atoms with Gasteiger partial charge >= 0.3 is 0 Å². The van der Waals surface area contributed by atoms with Crippen molar-refractivity contribution in [3.05, 3.63) is 0 Å². The molecule has 4 atom stereocenters. The van der Waals surface area contributed by atoms with Crippen LogP contribution in [-0.2, 0) is 0 Å². The Morgan fingerprint density at radius 3 is 1.86 bits per heavy atom. The van der Waals surface area contributed by atoms with Crippen molar-refractivity contribution in [3.8, 4) is 0 Å². The largest absolute Gasteiger partial charge is 0.391 e. The molecule has 0 aromatic heterocycles. The molecule has 2 heteroatoms. The van der Waals surface area contributed by atoms with E-state index in [-0.39, 0.29) is 0 Å². The summed E-state index contributed by atoms with van der Waals surface area (Å²) in [5.74, 6) is 1.27. The highest BCUT2D eigenvalue weighted by Gasteiger charge is 2.18. The van der Waals surface area contributed by atoms with Gasteiger partial charge in [0.25, 0.3) is 0 Å². The lowest BCUT2D eigenvalue weighted by atomic mass is 9.87. The van der Waals surface area contributed by atoms with E-state index in [1.807, 2.05) is 0 Å². The molecule has 0 fully saturated rings. The van der Waals surface area contributed by atoms with Crippen LogP contribution >= 0.6 is 0 Å². The van der Waals surface area contributed by atoms with E-state index < -0.39 is 12.2 Å². The molecule has 0 aliphatic rings. The predicted octanol–water partition coefficient (Wildman–Crippen LogP) is 2.58. The third-order valence-electron chi connectivity index (χ3n) is 3.14. The molecule has 0 saturated heterocycles. The second-order valence-electron chi connectivity index (χ2n) is 4.57. The summed E-state index contributed by atoms with van der Waals surface area (Å²) in [7, 11) is 0. The average molecular weight is 202 g/mol. The zero-order valence-corrected chi connectivity index (χ0v) is 10.0. The molecule has 2 nitrogen and oxygen atoms in total. The smallest absolute Gasteiger partial charge is 0.0799 e. The minimum absolute atomic E-state index is 0.551. The second kappa shape index (κ2) is 7.24. The van der Waals surface area contributed by atoms with Crippen LogP contribution in [0, 0.1) is 11.8 Å². The van der Waals surface area contributed by atoms with Gasteiger partial charge < -0.3 is 10.2 Å². The fourth-order valence-electron chi connectivity index (χ4n) is 1.70. The van der Waals surface area contributed by atoms with E-state index in [1.54, 1.807) is 6.92 Å². The van der Waals surface area contributed by atoms with Crippen molar-refractivity contribution in [1.29, 1.82) is 0 Å². The third kappa shape index (κ3) is 5.61. The summed E-state index contributed by atoms with van der Waals surface area (Å²) >= 11 is 0. The second-order valence-corrected chi connectivity index (χ2v) is 4.57. The van der Waals surface area contributed by atoms with Gasteiger partial charge in [-0.1, -0.05) is 33.6 Å². The number of rotatable bonds is 7. The van der Waals surface area contributed by atoms with Crippen LogP contribution in [-0.4, -0.2) is 22.4 Å². The summed E-state index contributed by atoms with van der Waals surface area (Å²) in [4.78, 5) is 0. The number of hydrogen-bond donors (Lipinski definition) is 2. The first-order chi connectivity index (χ1) is 6.51. The van der Waals surface area contributed by atoms with Gasteiger partial charge in [0.05, 0.1) is 12.2 Å². The van der Waals surface area contributed by atoms with Crippen LogP contribution in [0.2, 0.25) is 0 Å². The van der Waals surface area contributed by atoms with E-state index in [4.69, 9.17) is 0 Å². The van der Waals surface area contributed by atoms with E-state index in [2.05, 4.69) is 20.8 Å². The summed E-state index contributed by atoms with van der Waals surface area (Å²) in [5, 5.41) is 18.8. The Kier molecular flexibility index (Phi) is 7.20. The van der Waals surface area contributed by atoms with Crippen LogP contribution in [0.25, 0.3) is 0 Å². The van der Waals surface area contributed by atoms with Gasteiger partial charge in [0, 0.05) is 0 Å². The average Bonchev–Trinajstić information content (AvgIpc) is 2.16. The Labute approximate surface area is 88.3 Å². The molecule has 0 aromatic rings. The lowest BCUT2D eigenvalue weighted by Gasteiger charge is -2.23. The molecule has 0 rings (SSSR count). The highest BCUT2D eigenvalue weighted by molar-refractivity contribution is 4.69. The fraction of sp³-hybridized carbons (Fsp3) is 1.00. The molecule has 0 spiro atoms. The molecule has 0 bridgehead atoms. The standard InChI is InChI=1S/C12H26O2/c1-5-9(3)7-11(6-2)8-12(14)10(4)13/h9-14H,5-8H2,1-4H3. The first kappa shape index (κ1) is 13.9. The van der Waals surface area contributed by atoms with E-state index in [9.17, 15) is 10.2 Å². The molecule has 0 radical (unpaired) electrons. The molecular formula is C12H26O2. The summed E-state index contributed by atoms with van der Waals surface area (Å²) in [6.45, 7) is 8.25. The van der Waals surface area contributed by atoms with Crippen LogP contribution in [0.4, 0.5) is 0 Å². The highest BCUT2D eigenvalue weighted by atomic mass is 16.3. The van der Waals surface area contributed by atoms with Crippen molar-refractivity contribution < 1.29 is 10.2 Å². The third-order valence-corrected chi connectivity index (χ3v) is 3.14. The SMILES string of the molecule is CCC(C)CC(CC)CC(O)C(C)O. The van der Waals surface area contributed by atoms with Crippen molar-refractivity contribution >= 4 is 0 Å². The van der Waals surface area contributed by atoms with Crippen molar-refractivity contribution in [1.82, 2.24) is 0 Å². The molecule has 86 valence electrons. The van der Waals surface area contributed by atoms with Gasteiger partial charge in [0.15, 0.2) is 0 Å². The van der Waals surface area contributed by atoms with Crippen LogP contribution in [0.15, 0.2) is 0 Å². The number of hydrogen-bond acceptors (Lipinski definition) is 2. The van der Waals surface area contributed by atoms with Crippen LogP contribution < -0.4 is 0 Å². The molecule has 0 amide bonds. The van der Waals surface area contributed by atoms with E-state index in [1.165, 1.54) is 6.42 Å². The van der Waals surface area contributed by atoms with Gasteiger partial charge in [0.2, 0.25) is 0 Å². The van der Waals surface area contributed by atoms with Crippen molar-refractivity contribution in [2.24, 2.45) is 11.8 Å². The topological polar surface area (TPSA) is 40.5 Å². The maximum Gasteiger partial charge on any atom is 0.0799 e. The Hall–Kier alpha value is -0.0800. The summed E-state index contributed by atoms with van der Waals surface area (Å²) in [6, 6.07) is 0. The predicted molar refractivity (Wildman–Crippen MR) is 60.2 cm³/mol. The molecule has 0 aliphatic carbocycles. The van der Waals surface area contributed by atoms with Crippen LogP contribution in [0.5, 0.6) is 0 Å². The molecule has 0 saturated carbocycles. The van der Waals surface area contributed by atoms with Gasteiger partial charge in [-0.2, -0.15) is 0 Å². The van der Waals surface area contributed by atoms with E-state index in [0.29, 0.717) is 5.92 Å². The molecule has 0 heterocycles. The fourth-order valence-corrected chi connectivity index (χ4v) is 1.70. The van der Waals surface area contributed by atoms with E-state index >= 15 is 0 Å². The van der Waals surface area contributed by atoms with Gasteiger partial charge in [-0.3, -0.25) is 0 Å².